The van der Waals surface area contributed by atoms with Crippen LogP contribution in [0.4, 0.5) is 0 Å². The Balaban J connectivity index is 1.90. The Morgan fingerprint density at radius 1 is 1.09 bits per heavy atom. The number of aliphatic carboxylic acids is 1. The highest BCUT2D eigenvalue weighted by Crippen LogP contribution is 2.70. The van der Waals surface area contributed by atoms with E-state index in [4.69, 9.17) is 5.11 Å². The molecule has 4 aliphatic rings. The molecule has 0 amide bonds. The summed E-state index contributed by atoms with van der Waals surface area (Å²) in [6.07, 6.45) is -1.15. The van der Waals surface area contributed by atoms with Crippen LogP contribution in [0.15, 0.2) is 11.1 Å². The number of carbonyl (C=O) groups is 3. The van der Waals surface area contributed by atoms with E-state index in [1.54, 1.807) is 13.8 Å². The molecule has 0 saturated heterocycles. The fourth-order valence-corrected chi connectivity index (χ4v) is 8.67. The van der Waals surface area contributed by atoms with Gasteiger partial charge in [0.2, 0.25) is 0 Å². The van der Waals surface area contributed by atoms with Crippen LogP contribution in [-0.2, 0) is 14.4 Å². The van der Waals surface area contributed by atoms with E-state index < -0.39 is 51.7 Å². The third-order valence-electron chi connectivity index (χ3n) is 11.0. The maximum absolute atomic E-state index is 14.0. The maximum atomic E-state index is 14.0. The molecule has 7 heteroatoms. The van der Waals surface area contributed by atoms with Gasteiger partial charge < -0.3 is 20.4 Å². The molecule has 7 nitrogen and oxygen atoms in total. The second kappa shape index (κ2) is 7.71. The van der Waals surface area contributed by atoms with Gasteiger partial charge in [0.15, 0.2) is 5.78 Å². The highest BCUT2D eigenvalue weighted by molar-refractivity contribution is 6.07. The number of carboxylic acid groups (broad SMARTS) is 1. The molecule has 0 aromatic heterocycles. The number of fused-ring (bicyclic) bond motifs is 4. The van der Waals surface area contributed by atoms with Crippen molar-refractivity contribution in [1.82, 2.24) is 0 Å². The van der Waals surface area contributed by atoms with Gasteiger partial charge in [0.25, 0.3) is 0 Å². The minimum atomic E-state index is -1.42. The van der Waals surface area contributed by atoms with Gasteiger partial charge in [-0.1, -0.05) is 34.6 Å². The van der Waals surface area contributed by atoms with Gasteiger partial charge in [-0.15, -0.1) is 0 Å². The van der Waals surface area contributed by atoms with E-state index in [2.05, 4.69) is 0 Å². The Morgan fingerprint density at radius 2 is 1.71 bits per heavy atom. The van der Waals surface area contributed by atoms with E-state index in [0.29, 0.717) is 36.8 Å². The summed E-state index contributed by atoms with van der Waals surface area (Å²) in [5.41, 5.74) is -2.68. The second-order valence-corrected chi connectivity index (χ2v) is 12.7. The first-order valence-electron chi connectivity index (χ1n) is 12.6. The Bertz CT molecular complexity index is 966. The standard InChI is InChI=1S/C27H40O7/c1-13(7-8-19(31)32)14-11-18(30)27(6)20-15(28)12-16-24(2,3)17(29)9-10-25(16,4)21(20)22(33)23(34)26(14,27)5/h13-17,23,28-29,34H,7-12H2,1-6H3,(H,31,32)/t13-,14-,15+,16-,17+,23-,25+,26+,27+/m1/s1. The van der Waals surface area contributed by atoms with Crippen LogP contribution in [0.2, 0.25) is 0 Å². The lowest BCUT2D eigenvalue weighted by atomic mass is 9.42. The molecule has 0 unspecified atom stereocenters. The zero-order chi connectivity index (χ0) is 25.6. The molecule has 4 N–H and O–H groups in total. The van der Waals surface area contributed by atoms with Crippen molar-refractivity contribution in [3.05, 3.63) is 11.1 Å². The van der Waals surface area contributed by atoms with E-state index in [-0.39, 0.29) is 36.4 Å². The van der Waals surface area contributed by atoms with Gasteiger partial charge in [-0.3, -0.25) is 14.4 Å². The van der Waals surface area contributed by atoms with Gasteiger partial charge in [-0.2, -0.15) is 0 Å². The largest absolute Gasteiger partial charge is 0.481 e. The topological polar surface area (TPSA) is 132 Å². The molecule has 0 aliphatic heterocycles. The predicted molar refractivity (Wildman–Crippen MR) is 125 cm³/mol. The van der Waals surface area contributed by atoms with Crippen LogP contribution in [0.3, 0.4) is 0 Å². The number of aliphatic hydroxyl groups is 3. The first-order valence-corrected chi connectivity index (χ1v) is 12.6. The molecule has 9 atom stereocenters. The normalized spacial score (nSPS) is 46.6. The third-order valence-corrected chi connectivity index (χ3v) is 11.0. The van der Waals surface area contributed by atoms with Crippen molar-refractivity contribution in [3.8, 4) is 0 Å². The molecular formula is C27H40O7. The van der Waals surface area contributed by atoms with E-state index >= 15 is 0 Å². The lowest BCUT2D eigenvalue weighted by Gasteiger charge is -2.62. The summed E-state index contributed by atoms with van der Waals surface area (Å²) in [5.74, 6) is -2.18. The number of ketones is 2. The Morgan fingerprint density at radius 3 is 2.29 bits per heavy atom. The molecule has 2 fully saturated rings. The second-order valence-electron chi connectivity index (χ2n) is 12.7. The maximum Gasteiger partial charge on any atom is 0.303 e. The van der Waals surface area contributed by atoms with Crippen molar-refractivity contribution in [2.45, 2.75) is 98.4 Å². The van der Waals surface area contributed by atoms with Crippen LogP contribution in [-0.4, -0.2) is 56.3 Å². The van der Waals surface area contributed by atoms with E-state index in [9.17, 15) is 29.7 Å². The molecule has 0 aromatic carbocycles. The fourth-order valence-electron chi connectivity index (χ4n) is 8.67. The van der Waals surface area contributed by atoms with Crippen molar-refractivity contribution in [2.75, 3.05) is 0 Å². The van der Waals surface area contributed by atoms with Crippen molar-refractivity contribution in [2.24, 2.45) is 39.4 Å². The van der Waals surface area contributed by atoms with Gasteiger partial charge in [0.05, 0.1) is 17.6 Å². The number of carboxylic acids is 1. The van der Waals surface area contributed by atoms with Gasteiger partial charge in [0, 0.05) is 23.8 Å². The smallest absolute Gasteiger partial charge is 0.303 e. The minimum Gasteiger partial charge on any atom is -0.481 e. The summed E-state index contributed by atoms with van der Waals surface area (Å²) in [6.45, 7) is 11.4. The van der Waals surface area contributed by atoms with Gasteiger partial charge in [-0.25, -0.2) is 0 Å². The van der Waals surface area contributed by atoms with Crippen LogP contribution in [0.25, 0.3) is 0 Å². The lowest BCUT2D eigenvalue weighted by molar-refractivity contribution is -0.159. The molecule has 0 radical (unpaired) electrons. The van der Waals surface area contributed by atoms with Crippen LogP contribution in [0.1, 0.15) is 80.1 Å². The zero-order valence-corrected chi connectivity index (χ0v) is 21.2. The Kier molecular flexibility index (Phi) is 5.79. The van der Waals surface area contributed by atoms with Crippen molar-refractivity contribution < 1.29 is 34.8 Å². The van der Waals surface area contributed by atoms with Crippen LogP contribution in [0.5, 0.6) is 0 Å². The number of hydrogen-bond acceptors (Lipinski definition) is 6. The highest BCUT2D eigenvalue weighted by Gasteiger charge is 2.73. The molecule has 4 rings (SSSR count). The van der Waals surface area contributed by atoms with Crippen LogP contribution >= 0.6 is 0 Å². The zero-order valence-electron chi connectivity index (χ0n) is 21.2. The number of rotatable bonds is 4. The minimum absolute atomic E-state index is 0.0452. The number of aliphatic hydroxyl groups excluding tert-OH is 3. The van der Waals surface area contributed by atoms with E-state index in [0.717, 1.165) is 0 Å². The van der Waals surface area contributed by atoms with Gasteiger partial charge >= 0.3 is 5.97 Å². The Labute approximate surface area is 201 Å². The van der Waals surface area contributed by atoms with Crippen LogP contribution in [0, 0.1) is 39.4 Å². The van der Waals surface area contributed by atoms with Crippen LogP contribution < -0.4 is 0 Å². The SMILES string of the molecule is C[C@H](CCC(=O)O)[C@H]1CC(=O)[C@@]2(C)C3=C(C(=O)[C@@H](O)[C@]12C)[C@@]1(C)CC[C@H](O)C(C)(C)[C@H]1C[C@@H]3O. The first-order chi connectivity index (χ1) is 15.6. The molecule has 0 heterocycles. The van der Waals surface area contributed by atoms with Crippen molar-refractivity contribution in [3.63, 3.8) is 0 Å². The number of hydrogen-bond donors (Lipinski definition) is 4. The molecule has 0 bridgehead atoms. The fraction of sp³-hybridized carbons (Fsp3) is 0.815. The summed E-state index contributed by atoms with van der Waals surface area (Å²) < 4.78 is 0. The van der Waals surface area contributed by atoms with Crippen molar-refractivity contribution >= 4 is 17.5 Å². The molecule has 0 aromatic rings. The average molecular weight is 477 g/mol. The molecule has 4 aliphatic carbocycles. The molecule has 34 heavy (non-hydrogen) atoms. The van der Waals surface area contributed by atoms with Gasteiger partial charge in [-0.05, 0) is 66.8 Å². The third kappa shape index (κ3) is 2.96. The monoisotopic (exact) mass is 476 g/mol. The quantitative estimate of drug-likeness (QED) is 0.490. The Hall–Kier alpha value is -1.57. The van der Waals surface area contributed by atoms with E-state index in [1.807, 2.05) is 27.7 Å². The van der Waals surface area contributed by atoms with Crippen molar-refractivity contribution in [1.29, 1.82) is 0 Å². The molecular weight excluding hydrogens is 436 g/mol. The summed E-state index contributed by atoms with van der Waals surface area (Å²) in [6, 6.07) is 0. The first kappa shape index (κ1) is 25.5. The summed E-state index contributed by atoms with van der Waals surface area (Å²) in [7, 11) is 0. The summed E-state index contributed by atoms with van der Waals surface area (Å²) in [4.78, 5) is 38.9. The summed E-state index contributed by atoms with van der Waals surface area (Å²) >= 11 is 0. The molecule has 2 saturated carbocycles. The highest BCUT2D eigenvalue weighted by atomic mass is 16.4. The predicted octanol–water partition coefficient (Wildman–Crippen LogP) is 2.90. The molecule has 190 valence electrons. The number of carbonyl (C=O) groups excluding carboxylic acids is 2. The van der Waals surface area contributed by atoms with E-state index in [1.165, 1.54) is 0 Å². The molecule has 0 spiro atoms. The van der Waals surface area contributed by atoms with Gasteiger partial charge in [0.1, 0.15) is 11.9 Å². The average Bonchev–Trinajstić information content (AvgIpc) is 2.97. The lowest BCUT2D eigenvalue weighted by Crippen LogP contribution is -2.64. The summed E-state index contributed by atoms with van der Waals surface area (Å²) in [5, 5.41) is 43.0. The number of Topliss-reactive ketones (excluding diaryl/α,β-unsaturated/α-hetero) is 2.